The Morgan fingerprint density at radius 3 is 2.39 bits per heavy atom. The van der Waals surface area contributed by atoms with Crippen molar-refractivity contribution >= 4 is 27.3 Å². The third kappa shape index (κ3) is 4.03. The van der Waals surface area contributed by atoms with E-state index in [1.54, 1.807) is 0 Å². The molecule has 0 amide bonds. The second-order valence-corrected chi connectivity index (χ2v) is 8.59. The van der Waals surface area contributed by atoms with Crippen LogP contribution in [0, 0.1) is 23.2 Å². The molecule has 0 aromatic rings. The molecule has 1 aliphatic heterocycles. The Kier molecular flexibility index (Phi) is 5.86. The number of thiol groups is 1. The van der Waals surface area contributed by atoms with Gasteiger partial charge < -0.3 is 9.26 Å². The first-order chi connectivity index (χ1) is 8.14. The van der Waals surface area contributed by atoms with Crippen LogP contribution in [0.3, 0.4) is 0 Å². The summed E-state index contributed by atoms with van der Waals surface area (Å²) >= 11 is 3.83. The van der Waals surface area contributed by atoms with E-state index in [0.717, 1.165) is 0 Å². The van der Waals surface area contributed by atoms with Gasteiger partial charge in [-0.15, -0.1) is 0 Å². The fourth-order valence-corrected chi connectivity index (χ4v) is 3.91. The number of ether oxygens (including phenoxy) is 1. The molecule has 0 aliphatic carbocycles. The molecule has 3 nitrogen and oxygen atoms in total. The molecule has 0 spiro atoms. The molecule has 1 saturated heterocycles. The molecule has 0 saturated carbocycles. The smallest absolute Gasteiger partial charge is 0.243 e. The monoisotopic (exact) mass is 292 g/mol. The fraction of sp³-hybridized carbons (Fsp3) is 1.00. The Bertz CT molecular complexity index is 306. The van der Waals surface area contributed by atoms with Crippen molar-refractivity contribution in [2.45, 2.75) is 46.7 Å². The minimum absolute atomic E-state index is 0.0218. The van der Waals surface area contributed by atoms with Gasteiger partial charge >= 0.3 is 0 Å². The largest absolute Gasteiger partial charge is 0.381 e. The molecule has 18 heavy (non-hydrogen) atoms. The van der Waals surface area contributed by atoms with Crippen molar-refractivity contribution in [1.82, 2.24) is 0 Å². The van der Waals surface area contributed by atoms with Crippen molar-refractivity contribution in [2.75, 3.05) is 6.61 Å². The summed E-state index contributed by atoms with van der Waals surface area (Å²) < 4.78 is 22.3. The molecule has 5 unspecified atom stereocenters. The van der Waals surface area contributed by atoms with Gasteiger partial charge in [0, 0.05) is 6.00 Å². The van der Waals surface area contributed by atoms with E-state index in [0.29, 0.717) is 24.4 Å². The molecule has 0 aromatic carbocycles. The van der Waals surface area contributed by atoms with Crippen LogP contribution in [0.25, 0.3) is 0 Å². The van der Waals surface area contributed by atoms with E-state index in [9.17, 15) is 4.57 Å². The molecule has 5 atom stereocenters. The highest BCUT2D eigenvalue weighted by atomic mass is 32.7. The second-order valence-electron chi connectivity index (χ2n) is 6.67. The summed E-state index contributed by atoms with van der Waals surface area (Å²) in [7, 11) is -0.0478. The van der Waals surface area contributed by atoms with Crippen LogP contribution < -0.4 is 0 Å². The molecular formula is C12H26BO3PS. The standard InChI is InChI=1S/C12H26BO3PS/c1-7(2)9-10(12(3,4)5)8(16-11(9)13)6-15-17(14)18/h7-11,17H,6,13H2,1-5H3,(H,14,18). The fourth-order valence-electron chi connectivity index (χ4n) is 3.38. The van der Waals surface area contributed by atoms with Gasteiger partial charge in [0.2, 0.25) is 7.23 Å². The lowest BCUT2D eigenvalue weighted by atomic mass is 9.64. The normalized spacial score (nSPS) is 35.1. The highest BCUT2D eigenvalue weighted by Gasteiger charge is 2.48. The van der Waals surface area contributed by atoms with Gasteiger partial charge in [0.15, 0.2) is 0 Å². The van der Waals surface area contributed by atoms with Gasteiger partial charge in [-0.05, 0) is 23.2 Å². The van der Waals surface area contributed by atoms with Crippen LogP contribution in [-0.4, -0.2) is 26.6 Å². The number of hydrogen-bond acceptors (Lipinski definition) is 3. The molecule has 6 heteroatoms. The van der Waals surface area contributed by atoms with Gasteiger partial charge in [0.1, 0.15) is 7.85 Å². The van der Waals surface area contributed by atoms with E-state index >= 15 is 0 Å². The summed E-state index contributed by atoms with van der Waals surface area (Å²) in [5, 5.41) is 0. The third-order valence-electron chi connectivity index (χ3n) is 3.89. The number of rotatable bonds is 4. The molecule has 0 bridgehead atoms. The second kappa shape index (κ2) is 6.34. The van der Waals surface area contributed by atoms with Crippen molar-refractivity contribution in [2.24, 2.45) is 23.2 Å². The van der Waals surface area contributed by atoms with Crippen LogP contribution in [0.4, 0.5) is 0 Å². The summed E-state index contributed by atoms with van der Waals surface area (Å²) in [4.78, 5) is 0. The first-order valence-electron chi connectivity index (χ1n) is 6.65. The molecule has 0 N–H and O–H groups in total. The van der Waals surface area contributed by atoms with Crippen LogP contribution in [0.5, 0.6) is 0 Å². The zero-order chi connectivity index (χ0) is 14.1. The molecule has 1 aliphatic rings. The molecular weight excluding hydrogens is 266 g/mol. The highest BCUT2D eigenvalue weighted by Crippen LogP contribution is 2.47. The van der Waals surface area contributed by atoms with Crippen LogP contribution in [0.15, 0.2) is 0 Å². The van der Waals surface area contributed by atoms with Crippen LogP contribution in [0.2, 0.25) is 0 Å². The Hall–Kier alpha value is 0.565. The van der Waals surface area contributed by atoms with Crippen LogP contribution in [0.1, 0.15) is 34.6 Å². The molecule has 0 radical (unpaired) electrons. The maximum atomic E-state index is 11.0. The van der Waals surface area contributed by atoms with E-state index in [1.165, 1.54) is 0 Å². The Morgan fingerprint density at radius 1 is 1.44 bits per heavy atom. The van der Waals surface area contributed by atoms with E-state index in [2.05, 4.69) is 54.7 Å². The van der Waals surface area contributed by atoms with E-state index < -0.39 is 7.23 Å². The number of hydrogen-bond donors (Lipinski definition) is 1. The van der Waals surface area contributed by atoms with Gasteiger partial charge in [-0.25, -0.2) is 0 Å². The minimum atomic E-state index is -2.18. The first-order valence-corrected chi connectivity index (χ1v) is 9.26. The van der Waals surface area contributed by atoms with Gasteiger partial charge in [0.25, 0.3) is 0 Å². The van der Waals surface area contributed by atoms with Gasteiger partial charge in [-0.1, -0.05) is 46.9 Å². The van der Waals surface area contributed by atoms with Gasteiger partial charge in [-0.3, -0.25) is 4.57 Å². The quantitative estimate of drug-likeness (QED) is 0.491. The molecule has 1 rings (SSSR count). The lowest BCUT2D eigenvalue weighted by molar-refractivity contribution is 0.0147. The maximum Gasteiger partial charge on any atom is 0.243 e. The Morgan fingerprint density at radius 2 is 2.00 bits per heavy atom. The van der Waals surface area contributed by atoms with Crippen molar-refractivity contribution in [1.29, 1.82) is 0 Å². The van der Waals surface area contributed by atoms with Gasteiger partial charge in [-0.2, -0.15) is 0 Å². The minimum Gasteiger partial charge on any atom is -0.381 e. The van der Waals surface area contributed by atoms with Crippen LogP contribution in [-0.2, 0) is 13.8 Å². The summed E-state index contributed by atoms with van der Waals surface area (Å²) in [6.45, 7) is 11.6. The first kappa shape index (κ1) is 16.6. The summed E-state index contributed by atoms with van der Waals surface area (Å²) in [5.74, 6) is 1.50. The van der Waals surface area contributed by atoms with Crippen molar-refractivity contribution < 1.29 is 13.8 Å². The SMILES string of the molecule is BC1OC(CO[PH](=O)S)C(C(C)(C)C)C1C(C)C. The molecule has 1 heterocycles. The Labute approximate surface area is 118 Å². The van der Waals surface area contributed by atoms with Crippen molar-refractivity contribution in [3.05, 3.63) is 0 Å². The Balaban J connectivity index is 2.87. The zero-order valence-corrected chi connectivity index (χ0v) is 14.2. The van der Waals surface area contributed by atoms with Crippen molar-refractivity contribution in [3.8, 4) is 0 Å². The van der Waals surface area contributed by atoms with Gasteiger partial charge in [0.05, 0.1) is 12.7 Å². The lowest BCUT2D eigenvalue weighted by Crippen LogP contribution is -2.37. The van der Waals surface area contributed by atoms with E-state index in [1.807, 2.05) is 0 Å². The van der Waals surface area contributed by atoms with Crippen LogP contribution >= 0.6 is 19.5 Å². The predicted molar refractivity (Wildman–Crippen MR) is 82.4 cm³/mol. The summed E-state index contributed by atoms with van der Waals surface area (Å²) in [6, 6.07) is 0.227. The summed E-state index contributed by atoms with van der Waals surface area (Å²) in [6.07, 6.45) is 0.0218. The average molecular weight is 292 g/mol. The maximum absolute atomic E-state index is 11.0. The van der Waals surface area contributed by atoms with E-state index in [-0.39, 0.29) is 17.5 Å². The molecule has 106 valence electrons. The third-order valence-corrected chi connectivity index (χ3v) is 4.69. The average Bonchev–Trinajstić information content (AvgIpc) is 2.51. The lowest BCUT2D eigenvalue weighted by Gasteiger charge is -2.37. The highest BCUT2D eigenvalue weighted by molar-refractivity contribution is 8.39. The zero-order valence-electron chi connectivity index (χ0n) is 12.3. The van der Waals surface area contributed by atoms with Crippen molar-refractivity contribution in [3.63, 3.8) is 0 Å². The summed E-state index contributed by atoms with van der Waals surface area (Å²) in [5.41, 5.74) is 0.153. The topological polar surface area (TPSA) is 35.5 Å². The molecule has 0 aromatic heterocycles. The van der Waals surface area contributed by atoms with E-state index in [4.69, 9.17) is 9.26 Å². The predicted octanol–water partition coefficient (Wildman–Crippen LogP) is 2.62. The molecule has 1 fully saturated rings.